The van der Waals surface area contributed by atoms with Gasteiger partial charge in [-0.2, -0.15) is 0 Å². The average Bonchev–Trinajstić information content (AvgIpc) is 2.26. The van der Waals surface area contributed by atoms with Gasteiger partial charge in [-0.05, 0) is 11.6 Å². The van der Waals surface area contributed by atoms with Crippen LogP contribution in [0.25, 0.3) is 0 Å². The molecule has 0 unspecified atom stereocenters. The fourth-order valence-corrected chi connectivity index (χ4v) is 1.35. The molecule has 100 valence electrons. The van der Waals surface area contributed by atoms with E-state index in [0.717, 1.165) is 6.07 Å². The first-order valence-corrected chi connectivity index (χ1v) is 4.90. The number of aldehydes is 1. The molecule has 3 nitrogen and oxygen atoms in total. The zero-order valence-corrected chi connectivity index (χ0v) is 9.23. The van der Waals surface area contributed by atoms with Gasteiger partial charge < -0.3 is 4.74 Å². The molecule has 1 heterocycles. The molecule has 0 N–H and O–H groups in total. The molecule has 0 radical (unpaired) electrons. The van der Waals surface area contributed by atoms with Gasteiger partial charge in [-0.3, -0.25) is 4.79 Å². The number of pyridine rings is 1. The predicted molar refractivity (Wildman–Crippen MR) is 50.8 cm³/mol. The molecule has 1 aromatic rings. The molecule has 0 bridgehead atoms. The molecule has 0 atom stereocenters. The van der Waals surface area contributed by atoms with Gasteiger partial charge in [0, 0.05) is 5.88 Å². The van der Waals surface area contributed by atoms with E-state index in [4.69, 9.17) is 11.6 Å². The summed E-state index contributed by atoms with van der Waals surface area (Å²) in [7, 11) is 0. The SMILES string of the molecule is O=Cc1cc(CCl)c(C(F)F)nc1OC(F)(F)F. The van der Waals surface area contributed by atoms with Crippen LogP contribution in [0, 0.1) is 0 Å². The number of nitrogens with zero attached hydrogens (tertiary/aromatic N) is 1. The zero-order chi connectivity index (χ0) is 13.9. The van der Waals surface area contributed by atoms with Gasteiger partial charge >= 0.3 is 6.36 Å². The summed E-state index contributed by atoms with van der Waals surface area (Å²) < 4.78 is 64.4. The third-order valence-electron chi connectivity index (χ3n) is 1.82. The van der Waals surface area contributed by atoms with Gasteiger partial charge in [0.2, 0.25) is 5.88 Å². The Morgan fingerprint density at radius 2 is 2.06 bits per heavy atom. The molecule has 0 aliphatic rings. The lowest BCUT2D eigenvalue weighted by Gasteiger charge is -2.13. The number of hydrogen-bond acceptors (Lipinski definition) is 3. The third-order valence-corrected chi connectivity index (χ3v) is 2.11. The Balaban J connectivity index is 3.32. The Bertz CT molecular complexity index is 449. The van der Waals surface area contributed by atoms with Gasteiger partial charge in [-0.25, -0.2) is 13.8 Å². The van der Waals surface area contributed by atoms with Crippen LogP contribution < -0.4 is 4.74 Å². The number of halogens is 6. The monoisotopic (exact) mass is 289 g/mol. The van der Waals surface area contributed by atoms with Crippen LogP contribution in [0.4, 0.5) is 22.0 Å². The summed E-state index contributed by atoms with van der Waals surface area (Å²) >= 11 is 5.34. The highest BCUT2D eigenvalue weighted by Crippen LogP contribution is 2.30. The lowest BCUT2D eigenvalue weighted by atomic mass is 10.1. The second-order valence-electron chi connectivity index (χ2n) is 3.03. The van der Waals surface area contributed by atoms with Crippen LogP contribution in [-0.2, 0) is 5.88 Å². The highest BCUT2D eigenvalue weighted by molar-refractivity contribution is 6.17. The number of hydrogen-bond donors (Lipinski definition) is 0. The van der Waals surface area contributed by atoms with Crippen molar-refractivity contribution in [2.75, 3.05) is 0 Å². The number of carbonyl (C=O) groups excluding carboxylic acids is 1. The Hall–Kier alpha value is -1.44. The van der Waals surface area contributed by atoms with Crippen LogP contribution in [0.2, 0.25) is 0 Å². The number of rotatable bonds is 4. The second kappa shape index (κ2) is 5.47. The van der Waals surface area contributed by atoms with Crippen LogP contribution in [0.5, 0.6) is 5.88 Å². The lowest BCUT2D eigenvalue weighted by Crippen LogP contribution is -2.20. The van der Waals surface area contributed by atoms with Crippen LogP contribution in [0.3, 0.4) is 0 Å². The third kappa shape index (κ3) is 3.52. The van der Waals surface area contributed by atoms with Crippen molar-refractivity contribution in [3.63, 3.8) is 0 Å². The summed E-state index contributed by atoms with van der Waals surface area (Å²) in [5, 5.41) is 0. The van der Waals surface area contributed by atoms with Crippen molar-refractivity contribution < 1.29 is 31.5 Å². The molecule has 0 fully saturated rings. The first-order valence-electron chi connectivity index (χ1n) is 4.37. The molecule has 0 aliphatic heterocycles. The van der Waals surface area contributed by atoms with E-state index in [2.05, 4.69) is 9.72 Å². The van der Waals surface area contributed by atoms with Crippen molar-refractivity contribution in [3.8, 4) is 5.88 Å². The van der Waals surface area contributed by atoms with Gasteiger partial charge in [0.15, 0.2) is 6.29 Å². The highest BCUT2D eigenvalue weighted by atomic mass is 35.5. The van der Waals surface area contributed by atoms with Gasteiger partial charge in [0.1, 0.15) is 5.69 Å². The van der Waals surface area contributed by atoms with Crippen LogP contribution >= 0.6 is 11.6 Å². The zero-order valence-electron chi connectivity index (χ0n) is 8.47. The molecule has 0 amide bonds. The molecule has 1 rings (SSSR count). The Morgan fingerprint density at radius 1 is 1.44 bits per heavy atom. The number of carbonyl (C=O) groups is 1. The lowest BCUT2D eigenvalue weighted by molar-refractivity contribution is -0.276. The summed E-state index contributed by atoms with van der Waals surface area (Å²) in [4.78, 5) is 13.5. The molecular formula is C9H5ClF5NO2. The van der Waals surface area contributed by atoms with E-state index in [1.807, 2.05) is 0 Å². The van der Waals surface area contributed by atoms with E-state index in [0.29, 0.717) is 0 Å². The van der Waals surface area contributed by atoms with Gasteiger partial charge in [-0.15, -0.1) is 24.8 Å². The maximum absolute atomic E-state index is 12.5. The van der Waals surface area contributed by atoms with Gasteiger partial charge in [-0.1, -0.05) is 0 Å². The Kier molecular flexibility index (Phi) is 4.44. The second-order valence-corrected chi connectivity index (χ2v) is 3.29. The molecule has 9 heteroatoms. The Morgan fingerprint density at radius 3 is 2.44 bits per heavy atom. The van der Waals surface area contributed by atoms with Crippen molar-refractivity contribution in [1.29, 1.82) is 0 Å². The molecule has 0 saturated carbocycles. The van der Waals surface area contributed by atoms with Crippen molar-refractivity contribution in [2.45, 2.75) is 18.7 Å². The normalized spacial score (nSPS) is 11.7. The summed E-state index contributed by atoms with van der Waals surface area (Å²) in [6.45, 7) is 0. The van der Waals surface area contributed by atoms with E-state index < -0.39 is 35.8 Å². The summed E-state index contributed by atoms with van der Waals surface area (Å²) in [5.74, 6) is -1.64. The highest BCUT2D eigenvalue weighted by Gasteiger charge is 2.34. The standard InChI is InChI=1S/C9H5ClF5NO2/c10-2-4-1-5(3-17)8(18-9(13,14)15)16-6(4)7(11)12/h1,3,7H,2H2. The number of aromatic nitrogens is 1. The van der Waals surface area contributed by atoms with Crippen molar-refractivity contribution in [3.05, 3.63) is 22.9 Å². The van der Waals surface area contributed by atoms with Crippen molar-refractivity contribution in [2.24, 2.45) is 0 Å². The molecule has 0 aliphatic carbocycles. The number of ether oxygens (including phenoxy) is 1. The Labute approximate surface area is 103 Å². The molecule has 18 heavy (non-hydrogen) atoms. The topological polar surface area (TPSA) is 39.2 Å². The summed E-state index contributed by atoms with van der Waals surface area (Å²) in [6, 6.07) is 0.787. The van der Waals surface area contributed by atoms with E-state index in [1.165, 1.54) is 0 Å². The molecule has 1 aromatic heterocycles. The van der Waals surface area contributed by atoms with Crippen LogP contribution in [0.1, 0.15) is 28.0 Å². The minimum Gasteiger partial charge on any atom is -0.387 e. The predicted octanol–water partition coefficient (Wildman–Crippen LogP) is 3.47. The fraction of sp³-hybridized carbons (Fsp3) is 0.333. The minimum atomic E-state index is -5.13. The minimum absolute atomic E-state index is 0.0133. The van der Waals surface area contributed by atoms with Crippen LogP contribution in [-0.4, -0.2) is 17.6 Å². The van der Waals surface area contributed by atoms with E-state index in [-0.39, 0.29) is 11.8 Å². The van der Waals surface area contributed by atoms with Crippen molar-refractivity contribution >= 4 is 17.9 Å². The molecule has 0 spiro atoms. The van der Waals surface area contributed by atoms with E-state index in [9.17, 15) is 26.7 Å². The fourth-order valence-electron chi connectivity index (χ4n) is 1.14. The van der Waals surface area contributed by atoms with E-state index >= 15 is 0 Å². The molecular weight excluding hydrogens is 285 g/mol. The summed E-state index contributed by atoms with van der Waals surface area (Å²) in [6.07, 6.45) is -8.25. The van der Waals surface area contributed by atoms with Gasteiger partial charge in [0.05, 0.1) is 5.56 Å². The maximum Gasteiger partial charge on any atom is 0.574 e. The van der Waals surface area contributed by atoms with Crippen molar-refractivity contribution in [1.82, 2.24) is 4.98 Å². The maximum atomic E-state index is 12.5. The molecule has 0 aromatic carbocycles. The first kappa shape index (κ1) is 14.6. The summed E-state index contributed by atoms with van der Waals surface area (Å²) in [5.41, 5.74) is -1.79. The van der Waals surface area contributed by atoms with E-state index in [1.54, 1.807) is 0 Å². The molecule has 0 saturated heterocycles. The quantitative estimate of drug-likeness (QED) is 0.484. The average molecular weight is 290 g/mol. The number of alkyl halides is 6. The van der Waals surface area contributed by atoms with Crippen LogP contribution in [0.15, 0.2) is 6.07 Å². The first-order chi connectivity index (χ1) is 8.28. The van der Waals surface area contributed by atoms with Gasteiger partial charge in [0.25, 0.3) is 6.43 Å². The smallest absolute Gasteiger partial charge is 0.387 e. The largest absolute Gasteiger partial charge is 0.574 e.